The van der Waals surface area contributed by atoms with E-state index in [0.717, 1.165) is 5.56 Å². The van der Waals surface area contributed by atoms with E-state index in [-0.39, 0.29) is 35.8 Å². The Morgan fingerprint density at radius 2 is 1.76 bits per heavy atom. The van der Waals surface area contributed by atoms with Gasteiger partial charge in [-0.05, 0) is 31.7 Å². The normalized spacial score (nSPS) is 32.8. The summed E-state index contributed by atoms with van der Waals surface area (Å²) in [7, 11) is 0. The van der Waals surface area contributed by atoms with Gasteiger partial charge in [0, 0.05) is 18.5 Å². The molecule has 34 heavy (non-hydrogen) atoms. The molecule has 3 fully saturated rings. The molecule has 0 bridgehead atoms. The smallest absolute Gasteiger partial charge is 0.181 e. The lowest BCUT2D eigenvalue weighted by atomic mass is 9.73. The Morgan fingerprint density at radius 1 is 1.12 bits per heavy atom. The zero-order chi connectivity index (χ0) is 24.7. The number of carbonyl (C=O) groups excluding carboxylic acids is 2. The van der Waals surface area contributed by atoms with Crippen molar-refractivity contribution in [1.82, 2.24) is 5.32 Å². The first-order chi connectivity index (χ1) is 16.0. The number of hydrogen-bond donors (Lipinski definition) is 2. The van der Waals surface area contributed by atoms with E-state index in [2.05, 4.69) is 5.32 Å². The van der Waals surface area contributed by atoms with Gasteiger partial charge in [0.15, 0.2) is 23.6 Å². The Morgan fingerprint density at radius 3 is 2.41 bits per heavy atom. The van der Waals surface area contributed by atoms with Gasteiger partial charge in [-0.3, -0.25) is 9.59 Å². The summed E-state index contributed by atoms with van der Waals surface area (Å²) in [4.78, 5) is 25.6. The van der Waals surface area contributed by atoms with Crippen molar-refractivity contribution in [2.45, 2.75) is 90.5 Å². The molecule has 5 atom stereocenters. The average molecular weight is 474 g/mol. The van der Waals surface area contributed by atoms with Crippen molar-refractivity contribution in [3.63, 3.8) is 0 Å². The molecular weight excluding hydrogens is 438 g/mol. The third-order valence-electron chi connectivity index (χ3n) is 6.54. The van der Waals surface area contributed by atoms with Crippen molar-refractivity contribution in [3.05, 3.63) is 47.2 Å². The fraction of sp³-hybridized carbons (Fsp3) is 0.615. The number of aliphatic hydroxyl groups excluding tert-OH is 1. The van der Waals surface area contributed by atoms with E-state index in [1.54, 1.807) is 20.8 Å². The topological polar surface area (TPSA) is 103 Å². The van der Waals surface area contributed by atoms with Crippen molar-refractivity contribution in [2.24, 2.45) is 5.41 Å². The lowest BCUT2D eigenvalue weighted by Crippen LogP contribution is -2.67. The second-order valence-electron chi connectivity index (χ2n) is 10.7. The minimum atomic E-state index is -1.02. The Balaban J connectivity index is 1.58. The number of benzene rings is 1. The van der Waals surface area contributed by atoms with Crippen molar-refractivity contribution >= 4 is 11.6 Å². The zero-order valence-corrected chi connectivity index (χ0v) is 20.5. The first kappa shape index (κ1) is 25.0. The predicted molar refractivity (Wildman–Crippen MR) is 123 cm³/mol. The summed E-state index contributed by atoms with van der Waals surface area (Å²) in [6.07, 6.45) is -2.47. The molecule has 0 radical (unpaired) electrons. The minimum absolute atomic E-state index is 0.156. The first-order valence-corrected chi connectivity index (χ1v) is 11.8. The first-order valence-electron chi connectivity index (χ1n) is 11.8. The third-order valence-corrected chi connectivity index (χ3v) is 6.54. The van der Waals surface area contributed by atoms with Gasteiger partial charge in [0.2, 0.25) is 0 Å². The summed E-state index contributed by atoms with van der Waals surface area (Å²) >= 11 is 0. The quantitative estimate of drug-likeness (QED) is 0.497. The molecule has 0 spiro atoms. The van der Waals surface area contributed by atoms with Gasteiger partial charge < -0.3 is 29.4 Å². The number of nitrogens with one attached hydrogen (secondary N) is 1. The number of allylic oxidation sites excluding steroid dienone is 2. The molecule has 2 N–H and O–H groups in total. The Labute approximate surface area is 200 Å². The maximum absolute atomic E-state index is 12.8. The largest absolute Gasteiger partial charge is 0.388 e. The molecule has 2 aliphatic heterocycles. The predicted octanol–water partition coefficient (Wildman–Crippen LogP) is 2.63. The zero-order valence-electron chi connectivity index (χ0n) is 20.5. The van der Waals surface area contributed by atoms with E-state index >= 15 is 0 Å². The molecule has 4 rings (SSSR count). The molecular formula is C26H35NO7. The molecule has 8 heteroatoms. The lowest BCUT2D eigenvalue weighted by Gasteiger charge is -2.50. The van der Waals surface area contributed by atoms with Crippen molar-refractivity contribution in [1.29, 1.82) is 0 Å². The number of Topliss-reactive ketones (excluding diaryl/α,β-unsaturated/α-hetero) is 2. The van der Waals surface area contributed by atoms with Crippen LogP contribution in [0.1, 0.15) is 53.0 Å². The molecule has 3 aliphatic rings. The minimum Gasteiger partial charge on any atom is -0.388 e. The second kappa shape index (κ2) is 9.51. The van der Waals surface area contributed by atoms with Crippen molar-refractivity contribution < 1.29 is 33.6 Å². The number of fused-ring (bicyclic) bond motifs is 1. The molecule has 8 nitrogen and oxygen atoms in total. The fourth-order valence-electron chi connectivity index (χ4n) is 4.90. The highest BCUT2D eigenvalue weighted by Gasteiger charge is 2.51. The van der Waals surface area contributed by atoms with E-state index in [4.69, 9.17) is 18.9 Å². The van der Waals surface area contributed by atoms with E-state index in [0.29, 0.717) is 18.5 Å². The molecule has 2 heterocycles. The van der Waals surface area contributed by atoms with Gasteiger partial charge >= 0.3 is 0 Å². The summed E-state index contributed by atoms with van der Waals surface area (Å²) in [5.74, 6) is -1.26. The lowest BCUT2D eigenvalue weighted by molar-refractivity contribution is -0.370. The average Bonchev–Trinajstić information content (AvgIpc) is 2.74. The van der Waals surface area contributed by atoms with Crippen LogP contribution in [0.25, 0.3) is 0 Å². The van der Waals surface area contributed by atoms with Gasteiger partial charge in [-0.1, -0.05) is 44.2 Å². The van der Waals surface area contributed by atoms with Crippen LogP contribution in [0.2, 0.25) is 0 Å². The molecule has 0 aromatic heterocycles. The Kier molecular flexibility index (Phi) is 6.99. The van der Waals surface area contributed by atoms with Gasteiger partial charge in [0.25, 0.3) is 0 Å². The number of carbonyl (C=O) groups is 2. The second-order valence-corrected chi connectivity index (χ2v) is 10.7. The van der Waals surface area contributed by atoms with Crippen LogP contribution in [-0.2, 0) is 35.1 Å². The molecule has 1 aromatic rings. The number of ketones is 2. The van der Waals surface area contributed by atoms with Crippen LogP contribution in [0.4, 0.5) is 0 Å². The summed E-state index contributed by atoms with van der Waals surface area (Å²) in [6.45, 7) is 9.60. The summed E-state index contributed by atoms with van der Waals surface area (Å²) < 4.78 is 24.0. The van der Waals surface area contributed by atoms with Crippen LogP contribution < -0.4 is 5.32 Å². The van der Waals surface area contributed by atoms with Crippen LogP contribution in [-0.4, -0.2) is 59.7 Å². The van der Waals surface area contributed by atoms with Gasteiger partial charge in [-0.2, -0.15) is 0 Å². The molecule has 1 saturated carbocycles. The van der Waals surface area contributed by atoms with E-state index in [1.165, 1.54) is 0 Å². The molecule has 0 unspecified atom stereocenters. The van der Waals surface area contributed by atoms with E-state index < -0.39 is 36.4 Å². The molecule has 2 saturated heterocycles. The Hall–Kier alpha value is -2.10. The van der Waals surface area contributed by atoms with Gasteiger partial charge in [0.05, 0.1) is 18.8 Å². The standard InChI is InChI=1S/C26H35NO7/c1-15(20-17(28)11-25(2,3)12-18(20)29)27-21-22(30)23-19(14-32-26(4,5)34-23)33-24(21)31-13-16-9-7-6-8-10-16/h6-10,19,21-24,27,30H,11-14H2,1-5H3/t19-,21-,22-,23-,24+/m1/s1. The SMILES string of the molecule is CC(N[C@H]1[C@@H](OCc2ccccc2)O[C@@H]2COC(C)(C)O[C@H]2[C@@H]1O)=C1C(=O)CC(C)(C)CC1=O. The summed E-state index contributed by atoms with van der Waals surface area (Å²) in [5.41, 5.74) is 1.16. The van der Waals surface area contributed by atoms with Crippen molar-refractivity contribution in [3.8, 4) is 0 Å². The Bertz CT molecular complexity index is 933. The number of ether oxygens (including phenoxy) is 4. The monoisotopic (exact) mass is 473 g/mol. The summed E-state index contributed by atoms with van der Waals surface area (Å²) in [6, 6.07) is 8.88. The van der Waals surface area contributed by atoms with Crippen LogP contribution >= 0.6 is 0 Å². The summed E-state index contributed by atoms with van der Waals surface area (Å²) in [5, 5.41) is 14.5. The highest BCUT2D eigenvalue weighted by Crippen LogP contribution is 2.36. The van der Waals surface area contributed by atoms with Gasteiger partial charge in [-0.15, -0.1) is 0 Å². The van der Waals surface area contributed by atoms with Gasteiger partial charge in [-0.25, -0.2) is 0 Å². The molecule has 186 valence electrons. The van der Waals surface area contributed by atoms with E-state index in [1.807, 2.05) is 44.2 Å². The maximum Gasteiger partial charge on any atom is 0.181 e. The fourth-order valence-corrected chi connectivity index (χ4v) is 4.90. The van der Waals surface area contributed by atoms with Crippen LogP contribution in [0, 0.1) is 5.41 Å². The third kappa shape index (κ3) is 5.42. The molecule has 1 aliphatic carbocycles. The molecule has 1 aromatic carbocycles. The highest BCUT2D eigenvalue weighted by atomic mass is 16.8. The number of aliphatic hydroxyl groups is 1. The van der Waals surface area contributed by atoms with Gasteiger partial charge in [0.1, 0.15) is 24.4 Å². The van der Waals surface area contributed by atoms with Crippen molar-refractivity contribution in [2.75, 3.05) is 6.61 Å². The maximum atomic E-state index is 12.8. The van der Waals surface area contributed by atoms with Crippen LogP contribution in [0.3, 0.4) is 0 Å². The molecule has 0 amide bonds. The number of rotatable bonds is 5. The highest BCUT2D eigenvalue weighted by molar-refractivity contribution is 6.22. The number of hydrogen-bond acceptors (Lipinski definition) is 8. The van der Waals surface area contributed by atoms with E-state index in [9.17, 15) is 14.7 Å². The van der Waals surface area contributed by atoms with Crippen LogP contribution in [0.15, 0.2) is 41.6 Å². The van der Waals surface area contributed by atoms with Crippen LogP contribution in [0.5, 0.6) is 0 Å².